The number of rotatable bonds is 46. The van der Waals surface area contributed by atoms with Crippen molar-refractivity contribution in [3.8, 4) is 0 Å². The number of esters is 3. The molecule has 1 aliphatic heterocycles. The third-order valence-corrected chi connectivity index (χ3v) is 12.0. The van der Waals surface area contributed by atoms with Gasteiger partial charge in [0.05, 0.1) is 6.61 Å². The number of ether oxygens (including phenoxy) is 5. The van der Waals surface area contributed by atoms with Crippen LogP contribution in [0, 0.1) is 0 Å². The predicted octanol–water partition coefficient (Wildman–Crippen LogP) is 14.4. The first-order valence-electron chi connectivity index (χ1n) is 28.5. The Kier molecular flexibility index (Phi) is 45.4. The van der Waals surface area contributed by atoms with Gasteiger partial charge in [-0.25, -0.2) is 4.79 Å². The summed E-state index contributed by atoms with van der Waals surface area (Å²) in [5.41, 5.74) is 0. The van der Waals surface area contributed by atoms with Crippen molar-refractivity contribution in [1.82, 2.24) is 0 Å². The Morgan fingerprint density at radius 1 is 0.440 bits per heavy atom. The minimum absolute atomic E-state index is 0.0308. The molecule has 0 aromatic carbocycles. The molecule has 1 fully saturated rings. The molecule has 3 N–H and O–H groups in total. The van der Waals surface area contributed by atoms with E-state index in [-0.39, 0.29) is 25.9 Å². The van der Waals surface area contributed by atoms with Crippen LogP contribution in [0.3, 0.4) is 0 Å². The van der Waals surface area contributed by atoms with E-state index >= 15 is 0 Å². The van der Waals surface area contributed by atoms with Crippen molar-refractivity contribution in [2.75, 3.05) is 13.2 Å². The smallest absolute Gasteiger partial charge is 0.335 e. The summed E-state index contributed by atoms with van der Waals surface area (Å²) in [6.45, 7) is 5.57. The molecule has 12 heteroatoms. The molecule has 0 spiro atoms. The fourth-order valence-corrected chi connectivity index (χ4v) is 7.74. The van der Waals surface area contributed by atoms with E-state index in [1.54, 1.807) is 0 Å². The van der Waals surface area contributed by atoms with Gasteiger partial charge in [-0.3, -0.25) is 14.4 Å². The molecule has 1 aliphatic rings. The highest BCUT2D eigenvalue weighted by molar-refractivity contribution is 5.74. The molecular formula is C63H98O12. The number of carboxylic acid groups (broad SMARTS) is 1. The molecule has 0 saturated carbocycles. The molecule has 0 bridgehead atoms. The first kappa shape index (κ1) is 68.1. The van der Waals surface area contributed by atoms with E-state index in [0.717, 1.165) is 141 Å². The summed E-state index contributed by atoms with van der Waals surface area (Å²) in [4.78, 5) is 51.0. The highest BCUT2D eigenvalue weighted by Crippen LogP contribution is 2.26. The van der Waals surface area contributed by atoms with Gasteiger partial charge in [0.1, 0.15) is 18.8 Å². The van der Waals surface area contributed by atoms with E-state index in [4.69, 9.17) is 23.7 Å². The summed E-state index contributed by atoms with van der Waals surface area (Å²) in [6.07, 6.45) is 56.0. The quantitative estimate of drug-likeness (QED) is 0.0228. The summed E-state index contributed by atoms with van der Waals surface area (Å²) in [5, 5.41) is 31.5. The molecule has 1 saturated heterocycles. The molecule has 422 valence electrons. The summed E-state index contributed by atoms with van der Waals surface area (Å²) < 4.78 is 28.3. The fourth-order valence-electron chi connectivity index (χ4n) is 7.74. The van der Waals surface area contributed by atoms with E-state index in [1.807, 2.05) is 0 Å². The molecule has 0 amide bonds. The zero-order valence-corrected chi connectivity index (χ0v) is 46.2. The Labute approximate surface area is 452 Å². The zero-order chi connectivity index (χ0) is 54.7. The summed E-state index contributed by atoms with van der Waals surface area (Å²) in [7, 11) is 0. The van der Waals surface area contributed by atoms with Gasteiger partial charge in [-0.05, 0) is 122 Å². The van der Waals surface area contributed by atoms with Gasteiger partial charge in [0.25, 0.3) is 0 Å². The molecule has 1 rings (SSSR count). The van der Waals surface area contributed by atoms with E-state index < -0.39 is 67.3 Å². The molecule has 1 heterocycles. The highest BCUT2D eigenvalue weighted by atomic mass is 16.7. The van der Waals surface area contributed by atoms with Crippen molar-refractivity contribution in [1.29, 1.82) is 0 Å². The Hall–Kier alpha value is -4.88. The lowest BCUT2D eigenvalue weighted by molar-refractivity contribution is -0.301. The van der Waals surface area contributed by atoms with Crippen LogP contribution in [0.4, 0.5) is 0 Å². The van der Waals surface area contributed by atoms with Crippen LogP contribution in [-0.4, -0.2) is 89.2 Å². The van der Waals surface area contributed by atoms with Gasteiger partial charge in [-0.15, -0.1) is 0 Å². The number of carboxylic acids is 1. The van der Waals surface area contributed by atoms with E-state index in [2.05, 4.69) is 142 Å². The monoisotopic (exact) mass is 1050 g/mol. The number of aliphatic hydroxyl groups is 2. The number of carbonyl (C=O) groups is 4. The third kappa shape index (κ3) is 40.1. The van der Waals surface area contributed by atoms with Crippen LogP contribution in [0.25, 0.3) is 0 Å². The van der Waals surface area contributed by atoms with Crippen LogP contribution in [-0.2, 0) is 42.9 Å². The first-order valence-corrected chi connectivity index (χ1v) is 28.5. The molecule has 12 nitrogen and oxygen atoms in total. The van der Waals surface area contributed by atoms with E-state index in [9.17, 15) is 34.5 Å². The van der Waals surface area contributed by atoms with Crippen molar-refractivity contribution in [3.05, 3.63) is 122 Å². The van der Waals surface area contributed by atoms with Gasteiger partial charge in [-0.1, -0.05) is 181 Å². The number of hydrogen-bond acceptors (Lipinski definition) is 11. The Morgan fingerprint density at radius 3 is 1.23 bits per heavy atom. The van der Waals surface area contributed by atoms with Gasteiger partial charge in [-0.2, -0.15) is 0 Å². The van der Waals surface area contributed by atoms with E-state index in [1.165, 1.54) is 0 Å². The standard InChI is InChI=1S/C63H98O12/c1-4-7-10-13-16-19-22-25-26-27-28-29-30-33-36-39-42-45-48-51-57(66)74-61-59(68)58(67)60(62(69)70)75-63(61)72-53-54(73-56(65)50-47-44-41-38-35-32-24-21-18-15-12-9-6-3)52-71-55(64)49-46-43-40-37-34-31-23-20-17-14-11-8-5-2/h7-12,16-21,25-26,28-29,31-32,34-35,54,58-61,63,67-68H,4-6,13-15,22-24,27,30,33,36-53H2,1-3H3,(H,69,70)/b10-7-,11-8-,12-9-,19-16-,20-17-,21-18-,26-25-,29-28-,34-31-,35-32-. The lowest BCUT2D eigenvalue weighted by Gasteiger charge is -2.40. The molecule has 6 atom stereocenters. The van der Waals surface area contributed by atoms with Gasteiger partial charge in [0.15, 0.2) is 24.6 Å². The molecule has 75 heavy (non-hydrogen) atoms. The minimum Gasteiger partial charge on any atom is -0.479 e. The second kappa shape index (κ2) is 50.0. The maximum atomic E-state index is 13.1. The minimum atomic E-state index is -1.92. The molecule has 0 radical (unpaired) electrons. The van der Waals surface area contributed by atoms with Crippen LogP contribution in [0.2, 0.25) is 0 Å². The lowest BCUT2D eigenvalue weighted by Crippen LogP contribution is -2.61. The second-order valence-electron chi connectivity index (χ2n) is 18.8. The number of hydrogen-bond donors (Lipinski definition) is 3. The van der Waals surface area contributed by atoms with Gasteiger partial charge in [0, 0.05) is 19.3 Å². The van der Waals surface area contributed by atoms with Crippen LogP contribution >= 0.6 is 0 Å². The van der Waals surface area contributed by atoms with Crippen LogP contribution in [0.5, 0.6) is 0 Å². The van der Waals surface area contributed by atoms with Crippen LogP contribution in [0.1, 0.15) is 201 Å². The zero-order valence-electron chi connectivity index (χ0n) is 46.2. The molecule has 0 aliphatic carbocycles. The topological polar surface area (TPSA) is 175 Å². The lowest BCUT2D eigenvalue weighted by atomic mass is 9.98. The Bertz CT molecular complexity index is 1770. The summed E-state index contributed by atoms with van der Waals surface area (Å²) in [5.74, 6) is -3.24. The number of aliphatic carboxylic acids is 1. The van der Waals surface area contributed by atoms with Gasteiger partial charge in [0.2, 0.25) is 0 Å². The normalized spacial score (nSPS) is 19.1. The van der Waals surface area contributed by atoms with Crippen molar-refractivity contribution in [3.63, 3.8) is 0 Å². The summed E-state index contributed by atoms with van der Waals surface area (Å²) in [6, 6.07) is 0. The highest BCUT2D eigenvalue weighted by Gasteiger charge is 2.50. The van der Waals surface area contributed by atoms with Gasteiger partial charge < -0.3 is 39.0 Å². The Balaban J connectivity index is 2.73. The largest absolute Gasteiger partial charge is 0.479 e. The van der Waals surface area contributed by atoms with Crippen molar-refractivity contribution in [2.45, 2.75) is 237 Å². The molecular weight excluding hydrogens is 949 g/mol. The molecule has 0 aromatic rings. The van der Waals surface area contributed by atoms with Crippen molar-refractivity contribution >= 4 is 23.9 Å². The van der Waals surface area contributed by atoms with Crippen molar-refractivity contribution in [2.24, 2.45) is 0 Å². The second-order valence-corrected chi connectivity index (χ2v) is 18.8. The Morgan fingerprint density at radius 2 is 0.800 bits per heavy atom. The maximum Gasteiger partial charge on any atom is 0.335 e. The SMILES string of the molecule is CC/C=C\C/C=C\C/C=C\C/C=C\CCCCCCCCC(=O)OC1C(OCC(COC(=O)CCCCC/C=C\C/C=C\C/C=C\CC)OC(=O)CCCCC/C=C\C/C=C\C/C=C\CC)OC(C(=O)O)C(O)C1O. The number of aliphatic hydroxyl groups excluding tert-OH is 2. The van der Waals surface area contributed by atoms with Crippen LogP contribution < -0.4 is 0 Å². The van der Waals surface area contributed by atoms with Gasteiger partial charge >= 0.3 is 23.9 Å². The molecule has 0 aromatic heterocycles. The average Bonchev–Trinajstić information content (AvgIpc) is 3.39. The van der Waals surface area contributed by atoms with Crippen molar-refractivity contribution < 1.29 is 58.2 Å². The fraction of sp³-hybridized carbons (Fsp3) is 0.619. The molecule has 6 unspecified atom stereocenters. The van der Waals surface area contributed by atoms with Crippen LogP contribution in [0.15, 0.2) is 122 Å². The summed E-state index contributed by atoms with van der Waals surface area (Å²) >= 11 is 0. The number of allylic oxidation sites excluding steroid dienone is 20. The number of unbranched alkanes of at least 4 members (excludes halogenated alkanes) is 12. The third-order valence-electron chi connectivity index (χ3n) is 12.0. The maximum absolute atomic E-state index is 13.1. The van der Waals surface area contributed by atoms with E-state index in [0.29, 0.717) is 19.3 Å². The average molecular weight is 1050 g/mol. The predicted molar refractivity (Wildman–Crippen MR) is 303 cm³/mol. The first-order chi connectivity index (χ1) is 36.6. The number of carbonyl (C=O) groups excluding carboxylic acids is 3.